The summed E-state index contributed by atoms with van der Waals surface area (Å²) in [7, 11) is 0. The Balaban J connectivity index is 2.31. The van der Waals surface area contributed by atoms with Gasteiger partial charge in [-0.15, -0.1) is 0 Å². The van der Waals surface area contributed by atoms with Crippen molar-refractivity contribution in [3.63, 3.8) is 0 Å². The number of likely N-dealkylation sites (tertiary alicyclic amines) is 1. The van der Waals surface area contributed by atoms with Crippen LogP contribution in [0, 0.1) is 5.92 Å². The van der Waals surface area contributed by atoms with Gasteiger partial charge in [-0.3, -0.25) is 9.69 Å². The highest BCUT2D eigenvalue weighted by atomic mass is 16.5. The van der Waals surface area contributed by atoms with Gasteiger partial charge in [0.25, 0.3) is 0 Å². The van der Waals surface area contributed by atoms with Gasteiger partial charge in [-0.05, 0) is 25.3 Å². The quantitative estimate of drug-likeness (QED) is 0.677. The molecule has 0 radical (unpaired) electrons. The third-order valence-electron chi connectivity index (χ3n) is 2.93. The zero-order valence-corrected chi connectivity index (χ0v) is 9.61. The molecular formula is C11H21NO3. The lowest BCUT2D eigenvalue weighted by Crippen LogP contribution is -2.40. The molecule has 1 saturated heterocycles. The van der Waals surface area contributed by atoms with Gasteiger partial charge in [0.05, 0.1) is 6.61 Å². The van der Waals surface area contributed by atoms with Crippen molar-refractivity contribution >= 4 is 5.97 Å². The third-order valence-corrected chi connectivity index (χ3v) is 2.93. The molecule has 0 aromatic heterocycles. The van der Waals surface area contributed by atoms with Gasteiger partial charge in [0.15, 0.2) is 0 Å². The van der Waals surface area contributed by atoms with E-state index in [0.717, 1.165) is 32.5 Å². The van der Waals surface area contributed by atoms with Crippen LogP contribution in [0.1, 0.15) is 26.7 Å². The Morgan fingerprint density at radius 1 is 1.53 bits per heavy atom. The number of hydrogen-bond donors (Lipinski definition) is 1. The Morgan fingerprint density at radius 3 is 2.87 bits per heavy atom. The van der Waals surface area contributed by atoms with Gasteiger partial charge < -0.3 is 9.84 Å². The number of carboxylic acid groups (broad SMARTS) is 1. The largest absolute Gasteiger partial charge is 0.480 e. The van der Waals surface area contributed by atoms with Crippen LogP contribution < -0.4 is 0 Å². The van der Waals surface area contributed by atoms with Gasteiger partial charge in [0.1, 0.15) is 6.04 Å². The Bertz CT molecular complexity index is 208. The van der Waals surface area contributed by atoms with E-state index in [1.54, 1.807) is 0 Å². The first kappa shape index (κ1) is 12.5. The average Bonchev–Trinajstić information content (AvgIpc) is 2.54. The number of hydrogen-bond acceptors (Lipinski definition) is 3. The van der Waals surface area contributed by atoms with Crippen LogP contribution in [-0.4, -0.2) is 48.3 Å². The van der Waals surface area contributed by atoms with Crippen molar-refractivity contribution in [2.24, 2.45) is 5.92 Å². The molecular weight excluding hydrogens is 194 g/mol. The second kappa shape index (κ2) is 6.08. The molecule has 1 N–H and O–H groups in total. The van der Waals surface area contributed by atoms with Crippen LogP contribution in [0.25, 0.3) is 0 Å². The summed E-state index contributed by atoms with van der Waals surface area (Å²) in [6.45, 7) is 7.10. The summed E-state index contributed by atoms with van der Waals surface area (Å²) >= 11 is 0. The van der Waals surface area contributed by atoms with E-state index >= 15 is 0 Å². The number of aliphatic carboxylic acids is 1. The molecule has 4 heteroatoms. The summed E-state index contributed by atoms with van der Waals surface area (Å²) in [5.41, 5.74) is 0. The van der Waals surface area contributed by atoms with Crippen LogP contribution in [0.5, 0.6) is 0 Å². The molecule has 0 spiro atoms. The van der Waals surface area contributed by atoms with E-state index in [4.69, 9.17) is 9.84 Å². The van der Waals surface area contributed by atoms with E-state index in [1.807, 2.05) is 11.8 Å². The number of rotatable bonds is 6. The van der Waals surface area contributed by atoms with E-state index in [2.05, 4.69) is 6.92 Å². The van der Waals surface area contributed by atoms with E-state index in [9.17, 15) is 4.79 Å². The normalized spacial score (nSPS) is 27.1. The molecule has 1 aliphatic heterocycles. The maximum Gasteiger partial charge on any atom is 0.321 e. The molecule has 0 saturated carbocycles. The fourth-order valence-electron chi connectivity index (χ4n) is 2.10. The zero-order chi connectivity index (χ0) is 11.3. The summed E-state index contributed by atoms with van der Waals surface area (Å²) in [5.74, 6) is -0.441. The SMILES string of the molecule is CCCOCCN1CCC(C)C1C(=O)O. The number of ether oxygens (including phenoxy) is 1. The van der Waals surface area contributed by atoms with Crippen molar-refractivity contribution < 1.29 is 14.6 Å². The van der Waals surface area contributed by atoms with Crippen molar-refractivity contribution in [3.8, 4) is 0 Å². The van der Waals surface area contributed by atoms with Crippen molar-refractivity contribution in [3.05, 3.63) is 0 Å². The summed E-state index contributed by atoms with van der Waals surface area (Å²) in [4.78, 5) is 13.0. The van der Waals surface area contributed by atoms with Crippen molar-refractivity contribution in [2.75, 3.05) is 26.3 Å². The van der Waals surface area contributed by atoms with Crippen LogP contribution >= 0.6 is 0 Å². The van der Waals surface area contributed by atoms with Crippen LogP contribution in [0.15, 0.2) is 0 Å². The van der Waals surface area contributed by atoms with E-state index in [0.29, 0.717) is 6.61 Å². The predicted molar refractivity (Wildman–Crippen MR) is 57.9 cm³/mol. The van der Waals surface area contributed by atoms with Crippen LogP contribution in [0.4, 0.5) is 0 Å². The molecule has 0 aromatic carbocycles. The molecule has 0 amide bonds. The van der Waals surface area contributed by atoms with E-state index < -0.39 is 5.97 Å². The summed E-state index contributed by atoms with van der Waals surface area (Å²) in [6, 6.07) is -0.310. The van der Waals surface area contributed by atoms with Crippen LogP contribution in [-0.2, 0) is 9.53 Å². The maximum atomic E-state index is 11.0. The zero-order valence-electron chi connectivity index (χ0n) is 9.61. The molecule has 1 heterocycles. The number of carbonyl (C=O) groups is 1. The summed E-state index contributed by atoms with van der Waals surface area (Å²) < 4.78 is 5.37. The Labute approximate surface area is 91.2 Å². The average molecular weight is 215 g/mol. The van der Waals surface area contributed by atoms with Gasteiger partial charge >= 0.3 is 5.97 Å². The fourth-order valence-corrected chi connectivity index (χ4v) is 2.10. The lowest BCUT2D eigenvalue weighted by molar-refractivity contribution is -0.143. The summed E-state index contributed by atoms with van der Waals surface area (Å²) in [5, 5.41) is 9.07. The second-order valence-corrected chi connectivity index (χ2v) is 4.20. The molecule has 1 aliphatic rings. The highest BCUT2D eigenvalue weighted by molar-refractivity contribution is 5.74. The molecule has 0 bridgehead atoms. The minimum Gasteiger partial charge on any atom is -0.480 e. The van der Waals surface area contributed by atoms with E-state index in [-0.39, 0.29) is 12.0 Å². The predicted octanol–water partition coefficient (Wildman–Crippen LogP) is 1.21. The first-order valence-electron chi connectivity index (χ1n) is 5.71. The van der Waals surface area contributed by atoms with E-state index in [1.165, 1.54) is 0 Å². The van der Waals surface area contributed by atoms with Crippen molar-refractivity contribution in [2.45, 2.75) is 32.7 Å². The van der Waals surface area contributed by atoms with Crippen LogP contribution in [0.3, 0.4) is 0 Å². The molecule has 1 rings (SSSR count). The number of nitrogens with zero attached hydrogens (tertiary/aromatic N) is 1. The highest BCUT2D eigenvalue weighted by Gasteiger charge is 2.36. The van der Waals surface area contributed by atoms with Gasteiger partial charge in [-0.1, -0.05) is 13.8 Å². The number of carboxylic acids is 1. The van der Waals surface area contributed by atoms with Crippen molar-refractivity contribution in [1.29, 1.82) is 0 Å². The van der Waals surface area contributed by atoms with Gasteiger partial charge in [-0.2, -0.15) is 0 Å². The van der Waals surface area contributed by atoms with Crippen molar-refractivity contribution in [1.82, 2.24) is 4.90 Å². The second-order valence-electron chi connectivity index (χ2n) is 4.20. The lowest BCUT2D eigenvalue weighted by atomic mass is 10.0. The Morgan fingerprint density at radius 2 is 2.27 bits per heavy atom. The highest BCUT2D eigenvalue weighted by Crippen LogP contribution is 2.23. The Kier molecular flexibility index (Phi) is 5.05. The molecule has 88 valence electrons. The molecule has 0 aromatic rings. The topological polar surface area (TPSA) is 49.8 Å². The molecule has 4 nitrogen and oxygen atoms in total. The fraction of sp³-hybridized carbons (Fsp3) is 0.909. The molecule has 1 fully saturated rings. The smallest absolute Gasteiger partial charge is 0.321 e. The first-order chi connectivity index (χ1) is 7.16. The minimum absolute atomic E-state index is 0.258. The minimum atomic E-state index is -0.699. The molecule has 15 heavy (non-hydrogen) atoms. The molecule has 2 atom stereocenters. The molecule has 2 unspecified atom stereocenters. The van der Waals surface area contributed by atoms with Crippen LogP contribution in [0.2, 0.25) is 0 Å². The standard InChI is InChI=1S/C11H21NO3/c1-3-7-15-8-6-12-5-4-9(2)10(12)11(13)14/h9-10H,3-8H2,1-2H3,(H,13,14). The summed E-state index contributed by atoms with van der Waals surface area (Å²) in [6.07, 6.45) is 1.99. The van der Waals surface area contributed by atoms with Gasteiger partial charge in [0.2, 0.25) is 0 Å². The first-order valence-corrected chi connectivity index (χ1v) is 5.71. The monoisotopic (exact) mass is 215 g/mol. The maximum absolute atomic E-state index is 11.0. The molecule has 0 aliphatic carbocycles. The van der Waals surface area contributed by atoms with Gasteiger partial charge in [-0.25, -0.2) is 0 Å². The Hall–Kier alpha value is -0.610. The lowest BCUT2D eigenvalue weighted by Gasteiger charge is -2.22. The van der Waals surface area contributed by atoms with Gasteiger partial charge in [0, 0.05) is 13.2 Å². The third kappa shape index (κ3) is 3.47.